The molecule has 0 amide bonds. The summed E-state index contributed by atoms with van der Waals surface area (Å²) in [6.45, 7) is 18.7. The summed E-state index contributed by atoms with van der Waals surface area (Å²) in [5.41, 5.74) is 7.09. The monoisotopic (exact) mass is 432 g/mol. The molecule has 130 valence electrons. The van der Waals surface area contributed by atoms with Crippen LogP contribution in [0.4, 0.5) is 0 Å². The molecule has 0 bridgehead atoms. The smallest absolute Gasteiger partial charge is 0.147 e. The van der Waals surface area contributed by atoms with Crippen molar-refractivity contribution in [2.45, 2.75) is 68.2 Å². The van der Waals surface area contributed by atoms with E-state index >= 15 is 0 Å². The van der Waals surface area contributed by atoms with Gasteiger partial charge in [-0.3, -0.25) is 0 Å². The SMILES string of the molecule is CC1=[C]([Zr][C]2=C(C)C=C(C(C)(C)C)C2)CC(C(C)(C)C)=C1.Cl.Cl. The van der Waals surface area contributed by atoms with Gasteiger partial charge in [-0.2, -0.15) is 0 Å². The van der Waals surface area contributed by atoms with Crippen LogP contribution in [0.2, 0.25) is 0 Å². The maximum absolute atomic E-state index is 2.47. The molecule has 0 aromatic heterocycles. The van der Waals surface area contributed by atoms with Gasteiger partial charge in [0.1, 0.15) is 0 Å². The third-order valence-corrected chi connectivity index (χ3v) is 8.99. The Morgan fingerprint density at radius 3 is 1.22 bits per heavy atom. The fourth-order valence-electron chi connectivity index (χ4n) is 2.89. The van der Waals surface area contributed by atoms with E-state index in [1.165, 1.54) is 12.8 Å². The zero-order chi connectivity index (χ0) is 16.0. The van der Waals surface area contributed by atoms with Crippen LogP contribution in [0, 0.1) is 10.8 Å². The Morgan fingerprint density at radius 2 is 1.00 bits per heavy atom. The number of halogens is 2. The summed E-state index contributed by atoms with van der Waals surface area (Å²) in [5, 5.41) is 0. The molecule has 0 spiro atoms. The van der Waals surface area contributed by atoms with E-state index in [-0.39, 0.29) is 24.8 Å². The van der Waals surface area contributed by atoms with E-state index in [1.54, 1.807) is 28.9 Å². The van der Waals surface area contributed by atoms with Gasteiger partial charge in [-0.15, -0.1) is 24.8 Å². The first kappa shape index (κ1) is 23.4. The Kier molecular flexibility index (Phi) is 8.35. The van der Waals surface area contributed by atoms with Crippen LogP contribution < -0.4 is 0 Å². The number of hydrogen-bond acceptors (Lipinski definition) is 0. The normalized spacial score (nSPS) is 18.4. The molecule has 0 radical (unpaired) electrons. The van der Waals surface area contributed by atoms with Gasteiger partial charge >= 0.3 is 143 Å². The zero-order valence-electron chi connectivity index (χ0n) is 15.9. The van der Waals surface area contributed by atoms with Crippen molar-refractivity contribution in [3.05, 3.63) is 41.0 Å². The predicted octanol–water partition coefficient (Wildman–Crippen LogP) is 7.21. The van der Waals surface area contributed by atoms with Crippen LogP contribution in [0.25, 0.3) is 0 Å². The van der Waals surface area contributed by atoms with Crippen LogP contribution in [0.3, 0.4) is 0 Å². The van der Waals surface area contributed by atoms with E-state index in [9.17, 15) is 0 Å². The second kappa shape index (κ2) is 8.20. The Morgan fingerprint density at radius 1 is 0.696 bits per heavy atom. The average Bonchev–Trinajstić information content (AvgIpc) is 2.84. The second-order valence-electron chi connectivity index (χ2n) is 8.64. The van der Waals surface area contributed by atoms with Crippen LogP contribution >= 0.6 is 24.8 Å². The molecule has 0 nitrogen and oxygen atoms in total. The molecular weight excluding hydrogens is 402 g/mol. The molecule has 0 unspecified atom stereocenters. The van der Waals surface area contributed by atoms with Crippen LogP contribution in [0.5, 0.6) is 0 Å². The average molecular weight is 435 g/mol. The summed E-state index contributed by atoms with van der Waals surface area (Å²) in [6, 6.07) is 0. The molecular formula is C20H32Cl2Zr. The number of hydrogen-bond donors (Lipinski definition) is 0. The van der Waals surface area contributed by atoms with Gasteiger partial charge in [0, 0.05) is 0 Å². The van der Waals surface area contributed by atoms with Crippen LogP contribution in [0.1, 0.15) is 68.2 Å². The Bertz CT molecular complexity index is 524. The van der Waals surface area contributed by atoms with Crippen molar-refractivity contribution in [1.82, 2.24) is 0 Å². The van der Waals surface area contributed by atoms with E-state index in [4.69, 9.17) is 0 Å². The first-order chi connectivity index (χ1) is 9.48. The van der Waals surface area contributed by atoms with Crippen molar-refractivity contribution in [3.63, 3.8) is 0 Å². The van der Waals surface area contributed by atoms with Gasteiger partial charge in [0.25, 0.3) is 0 Å². The molecule has 0 atom stereocenters. The number of allylic oxidation sites excluding steroid dienone is 8. The predicted molar refractivity (Wildman–Crippen MR) is 104 cm³/mol. The van der Waals surface area contributed by atoms with Gasteiger partial charge < -0.3 is 0 Å². The third kappa shape index (κ3) is 5.72. The Hall–Kier alpha value is 0.423. The minimum Gasteiger partial charge on any atom is -0.147 e. The molecule has 2 aliphatic carbocycles. The van der Waals surface area contributed by atoms with Crippen molar-refractivity contribution in [3.8, 4) is 0 Å². The van der Waals surface area contributed by atoms with Crippen LogP contribution in [-0.4, -0.2) is 0 Å². The van der Waals surface area contributed by atoms with Gasteiger partial charge in [0.15, 0.2) is 0 Å². The second-order valence-corrected chi connectivity index (χ2v) is 12.2. The standard InChI is InChI=1S/2C10H15.2ClH.Zr/c2*1-8-5-6-9(7-8)10(2,3)4;;;/h2*7H,6H2,1-4H3;2*1H;. The Labute approximate surface area is 167 Å². The summed E-state index contributed by atoms with van der Waals surface area (Å²) in [6.07, 6.45) is 7.45. The van der Waals surface area contributed by atoms with Gasteiger partial charge in [-0.25, -0.2) is 0 Å². The molecule has 0 heterocycles. The number of rotatable bonds is 2. The quantitative estimate of drug-likeness (QED) is 0.431. The fraction of sp³-hybridized carbons (Fsp3) is 0.600. The first-order valence-corrected chi connectivity index (χ1v) is 10.5. The van der Waals surface area contributed by atoms with Crippen molar-refractivity contribution in [2.75, 3.05) is 0 Å². The minimum absolute atomic E-state index is 0. The fourth-order valence-corrected chi connectivity index (χ4v) is 6.48. The molecule has 0 aliphatic heterocycles. The molecule has 0 saturated carbocycles. The van der Waals surface area contributed by atoms with E-state index in [1.807, 2.05) is 0 Å². The summed E-state index contributed by atoms with van der Waals surface area (Å²) in [7, 11) is 0. The maximum atomic E-state index is 2.47. The molecule has 23 heavy (non-hydrogen) atoms. The third-order valence-electron chi connectivity index (χ3n) is 4.70. The van der Waals surface area contributed by atoms with Crippen molar-refractivity contribution >= 4 is 24.8 Å². The summed E-state index contributed by atoms with van der Waals surface area (Å²) >= 11 is -0.574. The van der Waals surface area contributed by atoms with E-state index in [0.717, 1.165) is 0 Å². The maximum Gasteiger partial charge on any atom is -0.147 e. The van der Waals surface area contributed by atoms with Crippen LogP contribution in [0.15, 0.2) is 41.0 Å². The van der Waals surface area contributed by atoms with E-state index < -0.39 is 23.2 Å². The molecule has 0 aromatic rings. The van der Waals surface area contributed by atoms with Crippen molar-refractivity contribution in [1.29, 1.82) is 0 Å². The Balaban J connectivity index is 0.00000242. The molecule has 2 aliphatic rings. The van der Waals surface area contributed by atoms with E-state index in [0.29, 0.717) is 10.8 Å². The molecule has 0 N–H and O–H groups in total. The van der Waals surface area contributed by atoms with Crippen molar-refractivity contribution in [2.24, 2.45) is 10.8 Å². The molecule has 0 saturated heterocycles. The van der Waals surface area contributed by atoms with Gasteiger partial charge in [-0.1, -0.05) is 0 Å². The molecule has 3 heteroatoms. The van der Waals surface area contributed by atoms with E-state index in [2.05, 4.69) is 67.5 Å². The van der Waals surface area contributed by atoms with Crippen molar-refractivity contribution < 1.29 is 23.2 Å². The largest absolute Gasteiger partial charge is 0.147 e. The van der Waals surface area contributed by atoms with Crippen LogP contribution in [-0.2, 0) is 23.2 Å². The first-order valence-electron chi connectivity index (χ1n) is 8.07. The summed E-state index contributed by atoms with van der Waals surface area (Å²) in [4.78, 5) is 0. The minimum atomic E-state index is -0.574. The molecule has 0 fully saturated rings. The molecule has 0 aromatic carbocycles. The summed E-state index contributed by atoms with van der Waals surface area (Å²) in [5.74, 6) is 0. The van der Waals surface area contributed by atoms with Gasteiger partial charge in [-0.05, 0) is 0 Å². The summed E-state index contributed by atoms with van der Waals surface area (Å²) < 4.78 is 3.61. The zero-order valence-corrected chi connectivity index (χ0v) is 20.0. The topological polar surface area (TPSA) is 0 Å². The van der Waals surface area contributed by atoms with Gasteiger partial charge in [0.05, 0.1) is 0 Å². The molecule has 2 rings (SSSR count). The van der Waals surface area contributed by atoms with Gasteiger partial charge in [0.2, 0.25) is 0 Å².